The Morgan fingerprint density at radius 3 is 2.36 bits per heavy atom. The van der Waals surface area contributed by atoms with E-state index >= 15 is 0 Å². The van der Waals surface area contributed by atoms with E-state index in [1.165, 1.54) is 0 Å². The van der Waals surface area contributed by atoms with Crippen LogP contribution in [-0.2, 0) is 23.9 Å². The van der Waals surface area contributed by atoms with Gasteiger partial charge < -0.3 is 24.6 Å². The lowest BCUT2D eigenvalue weighted by Crippen LogP contribution is -2.61. The number of ether oxygens (including phenoxy) is 1. The second-order valence-corrected chi connectivity index (χ2v) is 16.7. The van der Waals surface area contributed by atoms with E-state index in [-0.39, 0.29) is 53.9 Å². The fourth-order valence-electron chi connectivity index (χ4n) is 8.96. The van der Waals surface area contributed by atoms with Gasteiger partial charge >= 0.3 is 0 Å². The van der Waals surface area contributed by atoms with Crippen LogP contribution in [0.25, 0.3) is 0 Å². The molecule has 2 unspecified atom stereocenters. The van der Waals surface area contributed by atoms with Gasteiger partial charge in [0.25, 0.3) is 5.91 Å². The molecule has 4 atom stereocenters. The van der Waals surface area contributed by atoms with Gasteiger partial charge in [-0.25, -0.2) is 0 Å². The number of rotatable bonds is 13. The minimum absolute atomic E-state index is 0.102. The van der Waals surface area contributed by atoms with Crippen molar-refractivity contribution < 1.29 is 23.9 Å². The van der Waals surface area contributed by atoms with Crippen LogP contribution in [0, 0.1) is 11.3 Å². The molecule has 1 aliphatic carbocycles. The van der Waals surface area contributed by atoms with Gasteiger partial charge in [-0.15, -0.1) is 0 Å². The molecule has 294 valence electrons. The highest BCUT2D eigenvalue weighted by Gasteiger charge is 2.52. The maximum Gasteiger partial charge on any atom is 0.258 e. The average Bonchev–Trinajstić information content (AvgIpc) is 3.33. The topological polar surface area (TPSA) is 138 Å². The minimum atomic E-state index is -0.802. The zero-order chi connectivity index (χ0) is 39.4. The van der Waals surface area contributed by atoms with Crippen molar-refractivity contribution in [1.29, 1.82) is 5.26 Å². The van der Waals surface area contributed by atoms with Gasteiger partial charge in [0, 0.05) is 63.0 Å². The summed E-state index contributed by atoms with van der Waals surface area (Å²) in [4.78, 5) is 58.1. The number of amides is 3. The van der Waals surface area contributed by atoms with Crippen LogP contribution < -0.4 is 15.5 Å². The van der Waals surface area contributed by atoms with Gasteiger partial charge in [-0.2, -0.15) is 5.26 Å². The van der Waals surface area contributed by atoms with Gasteiger partial charge in [0.15, 0.2) is 5.11 Å². The summed E-state index contributed by atoms with van der Waals surface area (Å²) in [7, 11) is 0. The summed E-state index contributed by atoms with van der Waals surface area (Å²) in [6.45, 7) is 12.0. The number of nitrogens with one attached hydrogen (secondary N) is 2. The molecule has 6 rings (SSSR count). The third-order valence-corrected chi connectivity index (χ3v) is 12.4. The lowest BCUT2D eigenvalue weighted by Gasteiger charge is -2.47. The minimum Gasteiger partial charge on any atom is -0.383 e. The molecule has 4 fully saturated rings. The molecular formula is C41H52ClN7O5S. The van der Waals surface area contributed by atoms with Gasteiger partial charge in [-0.05, 0) is 114 Å². The number of piperazine rings is 1. The van der Waals surface area contributed by atoms with Crippen LogP contribution in [0.4, 0.5) is 11.4 Å². The third-order valence-electron chi connectivity index (χ3n) is 11.7. The predicted octanol–water partition coefficient (Wildman–Crippen LogP) is 5.24. The number of benzene rings is 2. The second-order valence-electron chi connectivity index (χ2n) is 15.9. The zero-order valence-electron chi connectivity index (χ0n) is 32.1. The normalized spacial score (nSPS) is 26.8. The summed E-state index contributed by atoms with van der Waals surface area (Å²) < 4.78 is 6.37. The van der Waals surface area contributed by atoms with E-state index in [1.807, 2.05) is 38.1 Å². The number of hydrogen-bond acceptors (Lipinski definition) is 10. The summed E-state index contributed by atoms with van der Waals surface area (Å²) in [5, 5.41) is 15.9. The van der Waals surface area contributed by atoms with E-state index in [1.54, 1.807) is 23.1 Å². The average molecular weight is 790 g/mol. The van der Waals surface area contributed by atoms with Gasteiger partial charge in [0.1, 0.15) is 17.9 Å². The Hall–Kier alpha value is -3.93. The number of imide groups is 1. The summed E-state index contributed by atoms with van der Waals surface area (Å²) >= 11 is 12.2. The van der Waals surface area contributed by atoms with Crippen LogP contribution >= 0.6 is 23.8 Å². The molecule has 14 heteroatoms. The quantitative estimate of drug-likeness (QED) is 0.119. The molecule has 2 aromatic carbocycles. The van der Waals surface area contributed by atoms with Crippen molar-refractivity contribution in [3.05, 3.63) is 58.6 Å². The highest BCUT2D eigenvalue weighted by molar-refractivity contribution is 7.80. The number of nitriles is 1. The number of anilines is 2. The lowest BCUT2D eigenvalue weighted by molar-refractivity contribution is -0.134. The lowest BCUT2D eigenvalue weighted by atomic mass is 9.89. The monoisotopic (exact) mass is 789 g/mol. The highest BCUT2D eigenvalue weighted by atomic mass is 35.5. The number of halogens is 1. The molecule has 3 aliphatic heterocycles. The Morgan fingerprint density at radius 1 is 1.05 bits per heavy atom. The van der Waals surface area contributed by atoms with Crippen molar-refractivity contribution >= 4 is 64.3 Å². The van der Waals surface area contributed by atoms with E-state index in [0.717, 1.165) is 69.3 Å². The molecule has 3 saturated heterocycles. The van der Waals surface area contributed by atoms with E-state index in [0.29, 0.717) is 47.4 Å². The Morgan fingerprint density at radius 2 is 1.75 bits per heavy atom. The van der Waals surface area contributed by atoms with E-state index in [2.05, 4.69) is 45.3 Å². The molecule has 0 bridgehead atoms. The molecule has 3 amide bonds. The van der Waals surface area contributed by atoms with Crippen molar-refractivity contribution in [3.8, 4) is 6.07 Å². The Kier molecular flexibility index (Phi) is 12.9. The maximum absolute atomic E-state index is 13.6. The van der Waals surface area contributed by atoms with Crippen molar-refractivity contribution in [2.45, 2.75) is 114 Å². The van der Waals surface area contributed by atoms with Crippen LogP contribution in [-0.4, -0.2) is 112 Å². The first kappa shape index (κ1) is 40.7. The summed E-state index contributed by atoms with van der Waals surface area (Å²) in [5.74, 6) is -0.894. The number of piperidine rings is 1. The first-order valence-electron chi connectivity index (χ1n) is 19.4. The summed E-state index contributed by atoms with van der Waals surface area (Å²) in [6.07, 6.45) is 6.53. The summed E-state index contributed by atoms with van der Waals surface area (Å²) in [5.41, 5.74) is 1.89. The number of carbonyl (C=O) groups excluding carboxylic acids is 4. The molecule has 4 aliphatic rings. The fourth-order valence-corrected chi connectivity index (χ4v) is 9.75. The van der Waals surface area contributed by atoms with Gasteiger partial charge in [0.05, 0.1) is 34.3 Å². The van der Waals surface area contributed by atoms with Gasteiger partial charge in [-0.1, -0.05) is 23.7 Å². The number of aldehydes is 1. The number of carbonyl (C=O) groups is 4. The molecule has 0 radical (unpaired) electrons. The highest BCUT2D eigenvalue weighted by Crippen LogP contribution is 2.39. The van der Waals surface area contributed by atoms with Crippen molar-refractivity contribution in [1.82, 2.24) is 20.0 Å². The molecule has 2 N–H and O–H groups in total. The van der Waals surface area contributed by atoms with E-state index < -0.39 is 5.54 Å². The molecule has 1 saturated carbocycles. The predicted molar refractivity (Wildman–Crippen MR) is 216 cm³/mol. The number of hydrogen-bond donors (Lipinski definition) is 2. The van der Waals surface area contributed by atoms with Crippen LogP contribution in [0.2, 0.25) is 5.02 Å². The molecule has 12 nitrogen and oxygen atoms in total. The molecule has 2 aromatic rings. The number of thiocarbonyl (C=S) groups is 1. The van der Waals surface area contributed by atoms with Crippen LogP contribution in [0.1, 0.15) is 89.7 Å². The summed E-state index contributed by atoms with van der Waals surface area (Å²) in [6, 6.07) is 14.9. The van der Waals surface area contributed by atoms with E-state index in [4.69, 9.17) is 28.6 Å². The second kappa shape index (κ2) is 17.5. The standard InChI is InChI=1S/C41H52ClN7O5S/c1-26-23-46(24-27(2)47(26)33(25-50)22-44-30-9-6-28(7-10-30)35-16-17-37(51)45-38(35)52)18-5-19-54-34-14-12-31(13-15-34)49-40(55)48(39(53)41(49,3)4)32-11-8-29(21-43)36(42)20-32/h6-11,20,25-27,31,33-35,44H,5,12-19,22-24H2,1-4H3,(H,45,51,52)/t26-,27+,31?,33?,34?,35?. The Bertz CT molecular complexity index is 1800. The SMILES string of the molecule is C[C@@H]1CN(CCCOC2CCC(N3C(=S)N(c4ccc(C#N)c(Cl)c4)C(=O)C3(C)C)CC2)C[C@H](C)N1C(C=O)CNc1ccc(C2CCC(=O)NC2=O)cc1. The first-order valence-corrected chi connectivity index (χ1v) is 20.2. The Labute approximate surface area is 334 Å². The fraction of sp³-hybridized carbons (Fsp3) is 0.561. The van der Waals surface area contributed by atoms with Gasteiger partial charge in [-0.3, -0.25) is 29.5 Å². The molecule has 55 heavy (non-hydrogen) atoms. The van der Waals surface area contributed by atoms with Crippen LogP contribution in [0.3, 0.4) is 0 Å². The van der Waals surface area contributed by atoms with Crippen molar-refractivity contribution in [3.63, 3.8) is 0 Å². The molecule has 0 spiro atoms. The van der Waals surface area contributed by atoms with Gasteiger partial charge in [0.2, 0.25) is 11.8 Å². The number of nitrogens with zero attached hydrogens (tertiary/aromatic N) is 5. The third kappa shape index (κ3) is 8.89. The van der Waals surface area contributed by atoms with Crippen molar-refractivity contribution in [2.24, 2.45) is 0 Å². The smallest absolute Gasteiger partial charge is 0.258 e. The largest absolute Gasteiger partial charge is 0.383 e. The Balaban J connectivity index is 0.917. The molecular weight excluding hydrogens is 738 g/mol. The van der Waals surface area contributed by atoms with E-state index in [9.17, 15) is 24.4 Å². The molecule has 3 heterocycles. The van der Waals surface area contributed by atoms with Crippen LogP contribution in [0.15, 0.2) is 42.5 Å². The molecule has 0 aromatic heterocycles. The van der Waals surface area contributed by atoms with Crippen LogP contribution in [0.5, 0.6) is 0 Å². The van der Waals surface area contributed by atoms with Crippen molar-refractivity contribution in [2.75, 3.05) is 43.0 Å². The maximum atomic E-state index is 13.6. The first-order chi connectivity index (χ1) is 26.3. The zero-order valence-corrected chi connectivity index (χ0v) is 33.7.